The van der Waals surface area contributed by atoms with Crippen molar-refractivity contribution >= 4 is 28.6 Å². The van der Waals surface area contributed by atoms with Crippen LogP contribution in [0.5, 0.6) is 0 Å². The summed E-state index contributed by atoms with van der Waals surface area (Å²) in [6.45, 7) is 4.63. The Balaban J connectivity index is 2.11. The number of hydrogen-bond acceptors (Lipinski definition) is 1. The minimum Gasteiger partial charge on any atom is -0.481 e. The average molecular weight is 334 g/mol. The quantitative estimate of drug-likeness (QED) is 0.587. The minimum atomic E-state index is -0.537. The molecule has 16 heavy (non-hydrogen) atoms. The number of halogens is 1. The van der Waals surface area contributed by atoms with Gasteiger partial charge in [-0.1, -0.05) is 36.4 Å². The molecular formula is C13H19IO2. The Morgan fingerprint density at radius 2 is 1.50 bits per heavy atom. The molecule has 3 heteroatoms. The normalized spacial score (nSPS) is 58.9. The van der Waals surface area contributed by atoms with Gasteiger partial charge in [-0.15, -0.1) is 0 Å². The SMILES string of the molecule is CC12CC3(C)CC(I)(C1)CC(C(=O)O)(C2)C3. The summed E-state index contributed by atoms with van der Waals surface area (Å²) < 4.78 is 0.258. The van der Waals surface area contributed by atoms with Gasteiger partial charge >= 0.3 is 5.97 Å². The monoisotopic (exact) mass is 334 g/mol. The molecule has 4 rings (SSSR count). The average Bonchev–Trinajstić information content (AvgIpc) is 1.92. The zero-order chi connectivity index (χ0) is 11.8. The van der Waals surface area contributed by atoms with Crippen LogP contribution in [0.15, 0.2) is 0 Å². The van der Waals surface area contributed by atoms with Gasteiger partial charge in [-0.3, -0.25) is 4.79 Å². The lowest BCUT2D eigenvalue weighted by atomic mass is 9.40. The maximum atomic E-state index is 11.7. The molecule has 0 aromatic rings. The number of aliphatic carboxylic acids is 1. The van der Waals surface area contributed by atoms with Gasteiger partial charge in [0.2, 0.25) is 0 Å². The fourth-order valence-corrected chi connectivity index (χ4v) is 8.35. The van der Waals surface area contributed by atoms with Gasteiger partial charge in [-0.2, -0.15) is 0 Å². The van der Waals surface area contributed by atoms with E-state index in [0.29, 0.717) is 0 Å². The summed E-state index contributed by atoms with van der Waals surface area (Å²) in [5, 5.41) is 9.62. The standard InChI is InChI=1S/C13H19IO2/c1-10-3-11(2)5-12(4-10,9(15)16)8-13(14,6-10)7-11/h3-8H2,1-2H3,(H,15,16). The van der Waals surface area contributed by atoms with Crippen LogP contribution in [0, 0.1) is 16.2 Å². The largest absolute Gasteiger partial charge is 0.481 e. The first-order valence-electron chi connectivity index (χ1n) is 6.11. The van der Waals surface area contributed by atoms with E-state index in [1.807, 2.05) is 0 Å². The van der Waals surface area contributed by atoms with Crippen LogP contribution in [0.1, 0.15) is 52.4 Å². The summed E-state index contributed by atoms with van der Waals surface area (Å²) in [6, 6.07) is 0. The molecule has 0 radical (unpaired) electrons. The number of carboxylic acid groups (broad SMARTS) is 1. The van der Waals surface area contributed by atoms with Crippen LogP contribution in [0.2, 0.25) is 0 Å². The second-order valence-electron chi connectivity index (χ2n) is 7.42. The second-order valence-corrected chi connectivity index (χ2v) is 9.71. The van der Waals surface area contributed by atoms with Crippen molar-refractivity contribution < 1.29 is 9.90 Å². The van der Waals surface area contributed by atoms with Gasteiger partial charge in [0.15, 0.2) is 0 Å². The Kier molecular flexibility index (Phi) is 1.96. The Bertz CT molecular complexity index is 323. The highest BCUT2D eigenvalue weighted by atomic mass is 127. The molecule has 0 aromatic heterocycles. The smallest absolute Gasteiger partial charge is 0.309 e. The zero-order valence-electron chi connectivity index (χ0n) is 9.98. The fraction of sp³-hybridized carbons (Fsp3) is 0.923. The molecule has 0 aliphatic heterocycles. The first-order chi connectivity index (χ1) is 7.19. The van der Waals surface area contributed by atoms with Crippen molar-refractivity contribution in [2.24, 2.45) is 16.2 Å². The lowest BCUT2D eigenvalue weighted by Crippen LogP contribution is -2.62. The van der Waals surface area contributed by atoms with Crippen molar-refractivity contribution in [2.45, 2.75) is 55.8 Å². The molecule has 90 valence electrons. The van der Waals surface area contributed by atoms with E-state index < -0.39 is 11.4 Å². The topological polar surface area (TPSA) is 37.3 Å². The van der Waals surface area contributed by atoms with Crippen LogP contribution in [0.4, 0.5) is 0 Å². The Labute approximate surface area is 110 Å². The van der Waals surface area contributed by atoms with Gasteiger partial charge in [0.05, 0.1) is 5.41 Å². The summed E-state index contributed by atoms with van der Waals surface area (Å²) in [5.41, 5.74) is 0.158. The molecule has 4 aliphatic carbocycles. The molecular weight excluding hydrogens is 315 g/mol. The highest BCUT2D eigenvalue weighted by Crippen LogP contribution is 2.72. The molecule has 2 atom stereocenters. The maximum absolute atomic E-state index is 11.7. The van der Waals surface area contributed by atoms with Crippen LogP contribution in [0.3, 0.4) is 0 Å². The summed E-state index contributed by atoms with van der Waals surface area (Å²) in [5.74, 6) is -0.537. The highest BCUT2D eigenvalue weighted by Gasteiger charge is 2.67. The van der Waals surface area contributed by atoms with Crippen molar-refractivity contribution in [3.8, 4) is 0 Å². The van der Waals surface area contributed by atoms with E-state index in [2.05, 4.69) is 36.4 Å². The molecule has 0 saturated heterocycles. The molecule has 4 aliphatic rings. The highest BCUT2D eigenvalue weighted by molar-refractivity contribution is 14.1. The molecule has 2 unspecified atom stereocenters. The molecule has 0 spiro atoms. The first kappa shape index (κ1) is 11.3. The van der Waals surface area contributed by atoms with Crippen molar-refractivity contribution in [2.75, 3.05) is 0 Å². The molecule has 4 saturated carbocycles. The van der Waals surface area contributed by atoms with Crippen LogP contribution in [0.25, 0.3) is 0 Å². The summed E-state index contributed by atoms with van der Waals surface area (Å²) >= 11 is 2.57. The summed E-state index contributed by atoms with van der Waals surface area (Å²) in [6.07, 6.45) is 6.42. The van der Waals surface area contributed by atoms with Crippen molar-refractivity contribution in [3.05, 3.63) is 0 Å². The molecule has 1 N–H and O–H groups in total. The summed E-state index contributed by atoms with van der Waals surface area (Å²) in [7, 11) is 0. The van der Waals surface area contributed by atoms with Crippen molar-refractivity contribution in [1.82, 2.24) is 0 Å². The van der Waals surface area contributed by atoms with E-state index >= 15 is 0 Å². The van der Waals surface area contributed by atoms with Crippen LogP contribution >= 0.6 is 22.6 Å². The van der Waals surface area contributed by atoms with Gasteiger partial charge in [0, 0.05) is 3.42 Å². The third-order valence-corrected chi connectivity index (χ3v) is 6.12. The number of alkyl halides is 1. The first-order valence-corrected chi connectivity index (χ1v) is 7.19. The van der Waals surface area contributed by atoms with E-state index in [4.69, 9.17) is 0 Å². The van der Waals surface area contributed by atoms with Gasteiger partial charge in [-0.05, 0) is 49.4 Å². The lowest BCUT2D eigenvalue weighted by molar-refractivity contribution is -0.179. The van der Waals surface area contributed by atoms with E-state index in [-0.39, 0.29) is 14.3 Å². The van der Waals surface area contributed by atoms with Gasteiger partial charge < -0.3 is 5.11 Å². The Morgan fingerprint density at radius 3 is 1.88 bits per heavy atom. The van der Waals surface area contributed by atoms with E-state index in [1.54, 1.807) is 0 Å². The van der Waals surface area contributed by atoms with Crippen LogP contribution in [-0.4, -0.2) is 14.5 Å². The molecule has 4 fully saturated rings. The number of carboxylic acids is 1. The van der Waals surface area contributed by atoms with Crippen LogP contribution in [-0.2, 0) is 4.79 Å². The van der Waals surface area contributed by atoms with Crippen molar-refractivity contribution in [1.29, 1.82) is 0 Å². The van der Waals surface area contributed by atoms with Gasteiger partial charge in [-0.25, -0.2) is 0 Å². The number of hydrogen-bond donors (Lipinski definition) is 1. The van der Waals surface area contributed by atoms with E-state index in [9.17, 15) is 9.90 Å². The van der Waals surface area contributed by atoms with Gasteiger partial charge in [0.1, 0.15) is 0 Å². The maximum Gasteiger partial charge on any atom is 0.309 e. The van der Waals surface area contributed by atoms with Gasteiger partial charge in [0.25, 0.3) is 0 Å². The third kappa shape index (κ3) is 1.39. The Morgan fingerprint density at radius 1 is 1.00 bits per heavy atom. The summed E-state index contributed by atoms with van der Waals surface area (Å²) in [4.78, 5) is 11.7. The molecule has 2 nitrogen and oxygen atoms in total. The molecule has 0 heterocycles. The zero-order valence-corrected chi connectivity index (χ0v) is 12.1. The molecule has 4 bridgehead atoms. The van der Waals surface area contributed by atoms with Crippen molar-refractivity contribution in [3.63, 3.8) is 0 Å². The van der Waals surface area contributed by atoms with Crippen LogP contribution < -0.4 is 0 Å². The van der Waals surface area contributed by atoms with E-state index in [0.717, 1.165) is 19.3 Å². The second kappa shape index (κ2) is 2.78. The molecule has 0 aromatic carbocycles. The molecule has 0 amide bonds. The van der Waals surface area contributed by atoms with E-state index in [1.165, 1.54) is 19.3 Å². The minimum absolute atomic E-state index is 0.258. The Hall–Kier alpha value is 0.200. The fourth-order valence-electron chi connectivity index (χ4n) is 5.78. The third-order valence-electron chi connectivity index (χ3n) is 4.98. The lowest BCUT2D eigenvalue weighted by Gasteiger charge is -2.66. The number of rotatable bonds is 1. The predicted octanol–water partition coefficient (Wildman–Crippen LogP) is 3.63. The predicted molar refractivity (Wildman–Crippen MR) is 70.7 cm³/mol. The number of carbonyl (C=O) groups is 1.